The minimum Gasteiger partial charge on any atom is -0.309 e. The van der Waals surface area contributed by atoms with E-state index in [4.69, 9.17) is 0 Å². The van der Waals surface area contributed by atoms with E-state index >= 15 is 0 Å². The average Bonchev–Trinajstić information content (AvgIpc) is 3.97. The molecule has 3 saturated carbocycles. The zero-order valence-electron chi connectivity index (χ0n) is 33.6. The van der Waals surface area contributed by atoms with Crippen molar-refractivity contribution in [3.8, 4) is 33.4 Å². The van der Waals surface area contributed by atoms with E-state index in [9.17, 15) is 0 Å². The number of fused-ring (bicyclic) bond motifs is 6. The molecule has 1 nitrogen and oxygen atoms in total. The number of rotatable bonds is 7. The number of benzene rings is 7. The lowest BCUT2D eigenvalue weighted by atomic mass is 9.78. The van der Waals surface area contributed by atoms with Crippen molar-refractivity contribution < 1.29 is 0 Å². The highest BCUT2D eigenvalue weighted by Gasteiger charge is 2.42. The van der Waals surface area contributed by atoms with E-state index < -0.39 is 0 Å². The van der Waals surface area contributed by atoms with Gasteiger partial charge in [0.1, 0.15) is 0 Å². The Morgan fingerprint density at radius 2 is 1.26 bits per heavy atom. The SMILES string of the molecule is CC1(C)c2cccc(-c3ccccc3)c2-c2ccc(N(c3ccc(C4CC5CCC4C5)cc3)c3cccc4ccc(C5CCCCC5)cc34)c(-c3ccccc3)c21. The average molecular weight is 740 g/mol. The number of hydrogen-bond donors (Lipinski definition) is 0. The molecule has 0 aromatic heterocycles. The van der Waals surface area contributed by atoms with Gasteiger partial charge in [0.2, 0.25) is 0 Å². The van der Waals surface area contributed by atoms with E-state index in [0.29, 0.717) is 11.8 Å². The Morgan fingerprint density at radius 1 is 0.526 bits per heavy atom. The van der Waals surface area contributed by atoms with Crippen LogP contribution >= 0.6 is 0 Å². The summed E-state index contributed by atoms with van der Waals surface area (Å²) in [4.78, 5) is 2.62. The maximum atomic E-state index is 2.62. The van der Waals surface area contributed by atoms with E-state index in [1.165, 1.54) is 141 Å². The summed E-state index contributed by atoms with van der Waals surface area (Å²) < 4.78 is 0. The highest BCUT2D eigenvalue weighted by atomic mass is 15.1. The first-order chi connectivity index (χ1) is 28.0. The maximum Gasteiger partial charge on any atom is 0.0543 e. The summed E-state index contributed by atoms with van der Waals surface area (Å²) in [6.07, 6.45) is 12.3. The zero-order valence-corrected chi connectivity index (χ0v) is 33.6. The molecule has 0 N–H and O–H groups in total. The van der Waals surface area contributed by atoms with Gasteiger partial charge in [0.25, 0.3) is 0 Å². The van der Waals surface area contributed by atoms with Crippen LogP contribution in [0.2, 0.25) is 0 Å². The van der Waals surface area contributed by atoms with Gasteiger partial charge < -0.3 is 4.90 Å². The molecule has 0 heterocycles. The summed E-state index contributed by atoms with van der Waals surface area (Å²) in [6, 6.07) is 58.3. The Kier molecular flexibility index (Phi) is 8.50. The topological polar surface area (TPSA) is 3.24 Å². The van der Waals surface area contributed by atoms with E-state index in [-0.39, 0.29) is 5.41 Å². The summed E-state index contributed by atoms with van der Waals surface area (Å²) >= 11 is 0. The first kappa shape index (κ1) is 34.8. The van der Waals surface area contributed by atoms with Crippen LogP contribution < -0.4 is 4.90 Å². The van der Waals surface area contributed by atoms with Gasteiger partial charge >= 0.3 is 0 Å². The number of nitrogens with zero attached hydrogens (tertiary/aromatic N) is 1. The molecule has 0 radical (unpaired) electrons. The lowest BCUT2D eigenvalue weighted by Gasteiger charge is -2.33. The molecule has 282 valence electrons. The number of hydrogen-bond acceptors (Lipinski definition) is 1. The fourth-order valence-corrected chi connectivity index (χ4v) is 12.0. The molecule has 0 aliphatic heterocycles. The third-order valence-electron chi connectivity index (χ3n) is 14.7. The molecule has 0 amide bonds. The van der Waals surface area contributed by atoms with Crippen LogP contribution in [0.4, 0.5) is 17.1 Å². The summed E-state index contributed by atoms with van der Waals surface area (Å²) in [7, 11) is 0. The smallest absolute Gasteiger partial charge is 0.0543 e. The molecule has 0 saturated heterocycles. The van der Waals surface area contributed by atoms with Gasteiger partial charge in [-0.15, -0.1) is 0 Å². The third-order valence-corrected chi connectivity index (χ3v) is 14.7. The second-order valence-electron chi connectivity index (χ2n) is 18.3. The molecular formula is C56H53N. The highest BCUT2D eigenvalue weighted by molar-refractivity contribution is 6.05. The van der Waals surface area contributed by atoms with Crippen molar-refractivity contribution in [2.45, 2.75) is 88.9 Å². The molecule has 0 spiro atoms. The second kappa shape index (κ2) is 13.9. The Labute approximate surface area is 339 Å². The van der Waals surface area contributed by atoms with Gasteiger partial charge in [0.15, 0.2) is 0 Å². The number of anilines is 3. The second-order valence-corrected chi connectivity index (χ2v) is 18.3. The van der Waals surface area contributed by atoms with Crippen molar-refractivity contribution in [2.75, 3.05) is 4.90 Å². The van der Waals surface area contributed by atoms with Crippen LogP contribution in [0.15, 0.2) is 152 Å². The summed E-state index contributed by atoms with van der Waals surface area (Å²) in [5, 5.41) is 2.64. The standard InChI is InChI=1S/C56H53N/c1-56(2)50-22-13-21-46(39-16-8-4-9-17-39)54(50)47-32-33-52(53(55(47)56)42-18-10-5-11-19-42)57(45-30-28-41(29-31-45)48-35-37-24-25-44(48)34-37)51-23-12-20-40-26-27-43(36-49(40)51)38-14-6-3-7-15-38/h4-5,8-13,16-23,26-33,36-38,44,48H,3,6-7,14-15,24-25,34-35H2,1-2H3. The van der Waals surface area contributed by atoms with E-state index in [0.717, 1.165) is 11.8 Å². The fraction of sp³-hybridized carbons (Fsp3) is 0.286. The lowest BCUT2D eigenvalue weighted by Crippen LogP contribution is -2.19. The van der Waals surface area contributed by atoms with Crippen LogP contribution in [0, 0.1) is 11.8 Å². The Balaban J connectivity index is 1.16. The van der Waals surface area contributed by atoms with Gasteiger partial charge in [-0.2, -0.15) is 0 Å². The van der Waals surface area contributed by atoms with Crippen LogP contribution in [0.1, 0.15) is 106 Å². The van der Waals surface area contributed by atoms with Crippen molar-refractivity contribution in [3.05, 3.63) is 174 Å². The summed E-state index contributed by atoms with van der Waals surface area (Å²) in [6.45, 7) is 4.90. The van der Waals surface area contributed by atoms with Gasteiger partial charge in [0.05, 0.1) is 11.4 Å². The normalized spacial score (nSPS) is 20.8. The highest BCUT2D eigenvalue weighted by Crippen LogP contribution is 2.59. The summed E-state index contributed by atoms with van der Waals surface area (Å²) in [5.74, 6) is 3.14. The van der Waals surface area contributed by atoms with Gasteiger partial charge in [0, 0.05) is 22.1 Å². The van der Waals surface area contributed by atoms with Gasteiger partial charge in [-0.3, -0.25) is 0 Å². The molecule has 7 aromatic rings. The molecule has 11 rings (SSSR count). The van der Waals surface area contributed by atoms with Crippen molar-refractivity contribution in [1.82, 2.24) is 0 Å². The molecule has 4 aliphatic carbocycles. The van der Waals surface area contributed by atoms with Gasteiger partial charge in [-0.1, -0.05) is 161 Å². The molecular weight excluding hydrogens is 687 g/mol. The lowest BCUT2D eigenvalue weighted by molar-refractivity contribution is 0.420. The van der Waals surface area contributed by atoms with Crippen molar-refractivity contribution >= 4 is 27.8 Å². The molecule has 57 heavy (non-hydrogen) atoms. The molecule has 3 atom stereocenters. The Morgan fingerprint density at radius 3 is 2.00 bits per heavy atom. The van der Waals surface area contributed by atoms with E-state index in [1.807, 2.05) is 0 Å². The monoisotopic (exact) mass is 739 g/mol. The molecule has 7 aromatic carbocycles. The molecule has 1 heteroatoms. The van der Waals surface area contributed by atoms with Crippen molar-refractivity contribution in [3.63, 3.8) is 0 Å². The quantitative estimate of drug-likeness (QED) is 0.157. The van der Waals surface area contributed by atoms with Crippen molar-refractivity contribution in [1.29, 1.82) is 0 Å². The Hall–Kier alpha value is -5.40. The van der Waals surface area contributed by atoms with Crippen LogP contribution in [0.5, 0.6) is 0 Å². The predicted molar refractivity (Wildman–Crippen MR) is 241 cm³/mol. The third kappa shape index (κ3) is 5.80. The van der Waals surface area contributed by atoms with Crippen LogP contribution in [-0.4, -0.2) is 0 Å². The Bertz CT molecular complexity index is 2590. The first-order valence-electron chi connectivity index (χ1n) is 21.9. The molecule has 4 aliphatic rings. The minimum atomic E-state index is -0.221. The summed E-state index contributed by atoms with van der Waals surface area (Å²) in [5.41, 5.74) is 17.2. The molecule has 3 fully saturated rings. The largest absolute Gasteiger partial charge is 0.309 e. The fourth-order valence-electron chi connectivity index (χ4n) is 12.0. The predicted octanol–water partition coefficient (Wildman–Crippen LogP) is 15.9. The van der Waals surface area contributed by atoms with Crippen molar-refractivity contribution in [2.24, 2.45) is 11.8 Å². The van der Waals surface area contributed by atoms with E-state index in [2.05, 4.69) is 170 Å². The van der Waals surface area contributed by atoms with Crippen LogP contribution in [0.25, 0.3) is 44.2 Å². The van der Waals surface area contributed by atoms with Crippen LogP contribution in [0.3, 0.4) is 0 Å². The van der Waals surface area contributed by atoms with Gasteiger partial charge in [-0.05, 0) is 142 Å². The maximum absolute atomic E-state index is 2.62. The van der Waals surface area contributed by atoms with Gasteiger partial charge in [-0.25, -0.2) is 0 Å². The molecule has 3 unspecified atom stereocenters. The van der Waals surface area contributed by atoms with Crippen LogP contribution in [-0.2, 0) is 5.41 Å². The minimum absolute atomic E-state index is 0.221. The van der Waals surface area contributed by atoms with E-state index in [1.54, 1.807) is 0 Å². The molecule has 2 bridgehead atoms. The first-order valence-corrected chi connectivity index (χ1v) is 21.9. The zero-order chi connectivity index (χ0) is 38.1.